The van der Waals surface area contributed by atoms with Crippen LogP contribution in [0.1, 0.15) is 12.8 Å². The van der Waals surface area contributed by atoms with E-state index in [1.165, 1.54) is 0 Å². The summed E-state index contributed by atoms with van der Waals surface area (Å²) in [4.78, 5) is 10.5. The molecule has 0 aromatic heterocycles. The lowest BCUT2D eigenvalue weighted by atomic mass is 9.92. The van der Waals surface area contributed by atoms with Crippen LogP contribution in [0, 0.1) is 0 Å². The fourth-order valence-corrected chi connectivity index (χ4v) is 1.05. The minimum atomic E-state index is -4.94. The lowest BCUT2D eigenvalue weighted by Crippen LogP contribution is -2.53. The molecule has 0 spiro atoms. The standard InChI is InChI=1S/C6H7F3O4/c7-6(8,9)5(12)1-3(10)13-4(11)2-5/h3,10,12H,1-2H2/t3-,5+/m0/s1. The van der Waals surface area contributed by atoms with Crippen LogP contribution in [0.5, 0.6) is 0 Å². The molecule has 1 rings (SSSR count). The molecule has 13 heavy (non-hydrogen) atoms. The number of carbonyl (C=O) groups is 1. The first-order valence-electron chi connectivity index (χ1n) is 3.41. The van der Waals surface area contributed by atoms with Crippen LogP contribution in [0.3, 0.4) is 0 Å². The molecule has 0 radical (unpaired) electrons. The van der Waals surface area contributed by atoms with Crippen LogP contribution in [0.25, 0.3) is 0 Å². The molecule has 1 heterocycles. The number of aliphatic hydroxyl groups excluding tert-OH is 1. The molecule has 76 valence electrons. The summed E-state index contributed by atoms with van der Waals surface area (Å²) in [5.41, 5.74) is -3.16. The molecule has 0 aromatic rings. The summed E-state index contributed by atoms with van der Waals surface area (Å²) in [6.07, 6.45) is -9.05. The average molecular weight is 200 g/mol. The van der Waals surface area contributed by atoms with Crippen molar-refractivity contribution in [1.82, 2.24) is 0 Å². The highest BCUT2D eigenvalue weighted by Gasteiger charge is 2.58. The predicted octanol–water partition coefficient (Wildman–Crippen LogP) is -0.0648. The molecule has 0 unspecified atom stereocenters. The highest BCUT2D eigenvalue weighted by molar-refractivity contribution is 5.71. The van der Waals surface area contributed by atoms with Crippen molar-refractivity contribution in [2.75, 3.05) is 0 Å². The number of rotatable bonds is 0. The Balaban J connectivity index is 2.84. The molecule has 1 aliphatic heterocycles. The van der Waals surface area contributed by atoms with Gasteiger partial charge in [-0.3, -0.25) is 4.79 Å². The molecule has 1 aliphatic rings. The Hall–Kier alpha value is -0.820. The molecule has 7 heteroatoms. The molecule has 0 bridgehead atoms. The third-order valence-electron chi connectivity index (χ3n) is 1.74. The highest BCUT2D eigenvalue weighted by atomic mass is 19.4. The first-order valence-corrected chi connectivity index (χ1v) is 3.41. The second kappa shape index (κ2) is 2.85. The van der Waals surface area contributed by atoms with E-state index in [1.54, 1.807) is 0 Å². The number of hydrogen-bond donors (Lipinski definition) is 2. The summed E-state index contributed by atoms with van der Waals surface area (Å²) >= 11 is 0. The number of hydrogen-bond acceptors (Lipinski definition) is 4. The van der Waals surface area contributed by atoms with Crippen molar-refractivity contribution in [3.8, 4) is 0 Å². The lowest BCUT2D eigenvalue weighted by Gasteiger charge is -2.34. The first kappa shape index (κ1) is 10.3. The SMILES string of the molecule is O=C1C[C@@](O)(C(F)(F)F)C[C@@H](O)O1. The normalized spacial score (nSPS) is 35.8. The van der Waals surface area contributed by atoms with Crippen LogP contribution in [0.2, 0.25) is 0 Å². The molecule has 1 saturated heterocycles. The summed E-state index contributed by atoms with van der Waals surface area (Å²) in [6, 6.07) is 0. The van der Waals surface area contributed by atoms with Gasteiger partial charge in [0.25, 0.3) is 0 Å². The van der Waals surface area contributed by atoms with Crippen LogP contribution < -0.4 is 0 Å². The molecule has 0 amide bonds. The first-order chi connectivity index (χ1) is 5.74. The maximum atomic E-state index is 12.1. The summed E-state index contributed by atoms with van der Waals surface area (Å²) in [5.74, 6) is -1.27. The quantitative estimate of drug-likeness (QED) is 0.537. The smallest absolute Gasteiger partial charge is 0.418 e. The van der Waals surface area contributed by atoms with E-state index in [-0.39, 0.29) is 0 Å². The summed E-state index contributed by atoms with van der Waals surface area (Å²) in [6.45, 7) is 0. The van der Waals surface area contributed by atoms with Gasteiger partial charge in [0.05, 0.1) is 6.42 Å². The van der Waals surface area contributed by atoms with Gasteiger partial charge in [-0.15, -0.1) is 0 Å². The average Bonchev–Trinajstić information content (AvgIpc) is 1.79. The van der Waals surface area contributed by atoms with Crippen molar-refractivity contribution in [1.29, 1.82) is 0 Å². The predicted molar refractivity (Wildman–Crippen MR) is 32.3 cm³/mol. The van der Waals surface area contributed by atoms with Gasteiger partial charge in [0.15, 0.2) is 5.60 Å². The molecule has 0 aromatic carbocycles. The maximum Gasteiger partial charge on any atom is 0.418 e. The number of esters is 1. The minimum Gasteiger partial charge on any atom is -0.436 e. The van der Waals surface area contributed by atoms with Crippen molar-refractivity contribution in [3.63, 3.8) is 0 Å². The van der Waals surface area contributed by atoms with Gasteiger partial charge in [0.2, 0.25) is 6.29 Å². The van der Waals surface area contributed by atoms with Crippen molar-refractivity contribution >= 4 is 5.97 Å². The Kier molecular flexibility index (Phi) is 2.25. The van der Waals surface area contributed by atoms with Crippen molar-refractivity contribution < 1.29 is 32.9 Å². The molecular weight excluding hydrogens is 193 g/mol. The van der Waals surface area contributed by atoms with E-state index in [4.69, 9.17) is 10.2 Å². The van der Waals surface area contributed by atoms with E-state index in [0.29, 0.717) is 0 Å². The van der Waals surface area contributed by atoms with Gasteiger partial charge in [0.1, 0.15) is 0 Å². The number of ether oxygens (including phenoxy) is 1. The zero-order valence-corrected chi connectivity index (χ0v) is 6.34. The van der Waals surface area contributed by atoms with Crippen LogP contribution >= 0.6 is 0 Å². The molecular formula is C6H7F3O4. The monoisotopic (exact) mass is 200 g/mol. The van der Waals surface area contributed by atoms with E-state index in [2.05, 4.69) is 4.74 Å². The Labute approximate surface area is 70.9 Å². The number of aliphatic hydroxyl groups is 2. The Morgan fingerprint density at radius 2 is 2.08 bits per heavy atom. The Morgan fingerprint density at radius 3 is 2.46 bits per heavy atom. The number of cyclic esters (lactones) is 1. The molecule has 2 N–H and O–H groups in total. The highest BCUT2D eigenvalue weighted by Crippen LogP contribution is 2.39. The van der Waals surface area contributed by atoms with E-state index in [1.807, 2.05) is 0 Å². The summed E-state index contributed by atoms with van der Waals surface area (Å²) in [7, 11) is 0. The third kappa shape index (κ3) is 1.92. The van der Waals surface area contributed by atoms with Gasteiger partial charge in [0, 0.05) is 6.42 Å². The van der Waals surface area contributed by atoms with Gasteiger partial charge < -0.3 is 14.9 Å². The number of carbonyl (C=O) groups excluding carboxylic acids is 1. The van der Waals surface area contributed by atoms with Crippen molar-refractivity contribution in [3.05, 3.63) is 0 Å². The molecule has 1 fully saturated rings. The molecule has 4 nitrogen and oxygen atoms in total. The van der Waals surface area contributed by atoms with Gasteiger partial charge in [-0.1, -0.05) is 0 Å². The molecule has 2 atom stereocenters. The maximum absolute atomic E-state index is 12.1. The molecule has 0 aliphatic carbocycles. The van der Waals surface area contributed by atoms with E-state index >= 15 is 0 Å². The fourth-order valence-electron chi connectivity index (χ4n) is 1.05. The van der Waals surface area contributed by atoms with Crippen LogP contribution in [-0.2, 0) is 9.53 Å². The largest absolute Gasteiger partial charge is 0.436 e. The summed E-state index contributed by atoms with van der Waals surface area (Å²) < 4.78 is 40.3. The third-order valence-corrected chi connectivity index (χ3v) is 1.74. The zero-order chi connectivity index (χ0) is 10.3. The van der Waals surface area contributed by atoms with Crippen molar-refractivity contribution in [2.24, 2.45) is 0 Å². The zero-order valence-electron chi connectivity index (χ0n) is 6.34. The van der Waals surface area contributed by atoms with Gasteiger partial charge in [-0.25, -0.2) is 0 Å². The van der Waals surface area contributed by atoms with Gasteiger partial charge in [-0.05, 0) is 0 Å². The van der Waals surface area contributed by atoms with E-state index in [0.717, 1.165) is 0 Å². The van der Waals surface area contributed by atoms with Crippen LogP contribution in [-0.4, -0.2) is 34.2 Å². The molecule has 0 saturated carbocycles. The topological polar surface area (TPSA) is 66.8 Å². The van der Waals surface area contributed by atoms with Crippen LogP contribution in [0.4, 0.5) is 13.2 Å². The van der Waals surface area contributed by atoms with Gasteiger partial charge in [-0.2, -0.15) is 13.2 Å². The van der Waals surface area contributed by atoms with Crippen LogP contribution in [0.15, 0.2) is 0 Å². The van der Waals surface area contributed by atoms with E-state index in [9.17, 15) is 18.0 Å². The Morgan fingerprint density at radius 1 is 1.54 bits per heavy atom. The lowest BCUT2D eigenvalue weighted by molar-refractivity contribution is -0.295. The van der Waals surface area contributed by atoms with E-state index < -0.39 is 36.9 Å². The van der Waals surface area contributed by atoms with Crippen molar-refractivity contribution in [2.45, 2.75) is 30.9 Å². The minimum absolute atomic E-state index is 1.04. The fraction of sp³-hybridized carbons (Fsp3) is 0.833. The second-order valence-corrected chi connectivity index (χ2v) is 2.85. The van der Waals surface area contributed by atoms with Gasteiger partial charge >= 0.3 is 12.1 Å². The summed E-state index contributed by atoms with van der Waals surface area (Å²) in [5, 5.41) is 17.6. The number of halogens is 3. The second-order valence-electron chi connectivity index (χ2n) is 2.85. The Bertz CT molecular complexity index is 226. The number of alkyl halides is 3.